The van der Waals surface area contributed by atoms with Crippen LogP contribution in [0.5, 0.6) is 0 Å². The molecule has 102 valence electrons. The van der Waals surface area contributed by atoms with Crippen molar-refractivity contribution >= 4 is 11.5 Å². The Hall–Kier alpha value is -3.09. The molecule has 7 heteroatoms. The summed E-state index contributed by atoms with van der Waals surface area (Å²) in [5.41, 5.74) is 0.998. The fourth-order valence-electron chi connectivity index (χ4n) is 1.49. The van der Waals surface area contributed by atoms with E-state index in [1.54, 1.807) is 24.3 Å². The third-order valence-corrected chi connectivity index (χ3v) is 2.38. The standard InChI is InChI=1S/C13H9NO3.HNO2/c15-13(10-4-2-1-3-5-10)11-6-8-12(9-7-11)14(16)17;2-1-3/h1-9H;(H,2,3). The molecule has 0 bridgehead atoms. The monoisotopic (exact) mass is 274 g/mol. The maximum atomic E-state index is 12.0. The van der Waals surface area contributed by atoms with Crippen molar-refractivity contribution in [3.63, 3.8) is 0 Å². The average molecular weight is 274 g/mol. The molecule has 0 fully saturated rings. The van der Waals surface area contributed by atoms with Gasteiger partial charge in [-0.15, -0.1) is 4.91 Å². The third-order valence-electron chi connectivity index (χ3n) is 2.38. The zero-order chi connectivity index (χ0) is 15.0. The van der Waals surface area contributed by atoms with Crippen LogP contribution in [0, 0.1) is 15.0 Å². The topological polar surface area (TPSA) is 110 Å². The van der Waals surface area contributed by atoms with Crippen LogP contribution in [0.1, 0.15) is 15.9 Å². The lowest BCUT2D eigenvalue weighted by Crippen LogP contribution is -2.00. The minimum atomic E-state index is -0.489. The molecule has 2 aromatic rings. The maximum Gasteiger partial charge on any atom is 0.269 e. The van der Waals surface area contributed by atoms with Gasteiger partial charge in [0.25, 0.3) is 5.69 Å². The molecule has 0 unspecified atom stereocenters. The molecule has 0 spiro atoms. The zero-order valence-corrected chi connectivity index (χ0v) is 10.2. The van der Waals surface area contributed by atoms with Gasteiger partial charge >= 0.3 is 0 Å². The fraction of sp³-hybridized carbons (Fsp3) is 0. The highest BCUT2D eigenvalue weighted by Gasteiger charge is 2.10. The number of carbonyl (C=O) groups is 1. The van der Waals surface area contributed by atoms with Crippen LogP contribution in [0.3, 0.4) is 0 Å². The molecule has 1 N–H and O–H groups in total. The normalized spacial score (nSPS) is 9.00. The van der Waals surface area contributed by atoms with E-state index in [2.05, 4.69) is 0 Å². The first kappa shape index (κ1) is 15.0. The van der Waals surface area contributed by atoms with E-state index < -0.39 is 4.92 Å². The smallest absolute Gasteiger partial charge is 0.269 e. The molecule has 0 radical (unpaired) electrons. The van der Waals surface area contributed by atoms with Crippen LogP contribution >= 0.6 is 0 Å². The van der Waals surface area contributed by atoms with Crippen molar-refractivity contribution in [1.82, 2.24) is 0 Å². The van der Waals surface area contributed by atoms with Gasteiger partial charge in [0, 0.05) is 23.3 Å². The molecule has 7 nitrogen and oxygen atoms in total. The van der Waals surface area contributed by atoms with Crippen molar-refractivity contribution in [2.24, 2.45) is 5.34 Å². The van der Waals surface area contributed by atoms with E-state index in [0.29, 0.717) is 11.1 Å². The van der Waals surface area contributed by atoms with Crippen molar-refractivity contribution < 1.29 is 14.9 Å². The molecule has 0 saturated heterocycles. The zero-order valence-electron chi connectivity index (χ0n) is 10.2. The van der Waals surface area contributed by atoms with E-state index >= 15 is 0 Å². The van der Waals surface area contributed by atoms with Crippen LogP contribution in [0.25, 0.3) is 0 Å². The van der Waals surface area contributed by atoms with Gasteiger partial charge in [-0.3, -0.25) is 14.9 Å². The Morgan fingerprint density at radius 2 is 1.45 bits per heavy atom. The van der Waals surface area contributed by atoms with Crippen LogP contribution in [0.4, 0.5) is 5.69 Å². The second-order valence-corrected chi connectivity index (χ2v) is 3.58. The predicted octanol–water partition coefficient (Wildman–Crippen LogP) is 2.97. The van der Waals surface area contributed by atoms with Crippen molar-refractivity contribution in [2.45, 2.75) is 0 Å². The largest absolute Gasteiger partial charge is 0.379 e. The van der Waals surface area contributed by atoms with E-state index in [-0.39, 0.29) is 11.5 Å². The van der Waals surface area contributed by atoms with E-state index in [0.717, 1.165) is 0 Å². The first-order valence-corrected chi connectivity index (χ1v) is 5.41. The summed E-state index contributed by atoms with van der Waals surface area (Å²) in [5, 5.41) is 18.4. The van der Waals surface area contributed by atoms with Gasteiger partial charge in [0.05, 0.1) is 4.92 Å². The van der Waals surface area contributed by atoms with Gasteiger partial charge in [-0.25, -0.2) is 0 Å². The van der Waals surface area contributed by atoms with Crippen molar-refractivity contribution in [1.29, 1.82) is 0 Å². The number of non-ortho nitro benzene ring substituents is 1. The second-order valence-electron chi connectivity index (χ2n) is 3.58. The summed E-state index contributed by atoms with van der Waals surface area (Å²) in [6, 6.07) is 14.4. The van der Waals surface area contributed by atoms with E-state index in [1.807, 2.05) is 6.07 Å². The van der Waals surface area contributed by atoms with E-state index in [4.69, 9.17) is 10.1 Å². The Labute approximate surface area is 113 Å². The Kier molecular flexibility index (Phi) is 5.51. The molecule has 0 aliphatic rings. The number of nitro groups is 1. The lowest BCUT2D eigenvalue weighted by molar-refractivity contribution is -0.384. The molecule has 0 aliphatic carbocycles. The SMILES string of the molecule is O=C(c1ccccc1)c1ccc([N+](=O)[O-])cc1.O=NO. The second kappa shape index (κ2) is 7.37. The summed E-state index contributed by atoms with van der Waals surface area (Å²) >= 11 is 0. The van der Waals surface area contributed by atoms with Gasteiger partial charge in [0.15, 0.2) is 11.1 Å². The number of nitrogens with zero attached hydrogens (tertiary/aromatic N) is 2. The van der Waals surface area contributed by atoms with Gasteiger partial charge < -0.3 is 5.21 Å². The van der Waals surface area contributed by atoms with E-state index in [9.17, 15) is 14.9 Å². The number of hydrogen-bond acceptors (Lipinski definition) is 5. The number of hydrogen-bond donors (Lipinski definition) is 1. The first-order chi connectivity index (χ1) is 9.60. The molecule has 2 rings (SSSR count). The minimum Gasteiger partial charge on any atom is -0.379 e. The Morgan fingerprint density at radius 3 is 1.90 bits per heavy atom. The number of carbonyl (C=O) groups excluding carboxylic acids is 1. The van der Waals surface area contributed by atoms with Crippen LogP contribution < -0.4 is 0 Å². The highest BCUT2D eigenvalue weighted by atomic mass is 16.6. The number of nitro benzene ring substituents is 1. The van der Waals surface area contributed by atoms with Crippen LogP contribution in [-0.4, -0.2) is 15.9 Å². The molecule has 0 amide bonds. The first-order valence-electron chi connectivity index (χ1n) is 5.41. The summed E-state index contributed by atoms with van der Waals surface area (Å²) < 4.78 is 0. The molecule has 0 aromatic heterocycles. The number of rotatable bonds is 3. The molecular weight excluding hydrogens is 264 g/mol. The summed E-state index contributed by atoms with van der Waals surface area (Å²) in [6.45, 7) is 0. The van der Waals surface area contributed by atoms with Crippen LogP contribution in [-0.2, 0) is 0 Å². The maximum absolute atomic E-state index is 12.0. The quantitative estimate of drug-likeness (QED) is 0.400. The minimum absolute atomic E-state index is 0.0189. The van der Waals surface area contributed by atoms with Gasteiger partial charge in [-0.2, -0.15) is 0 Å². The van der Waals surface area contributed by atoms with Crippen LogP contribution in [0.2, 0.25) is 0 Å². The average Bonchev–Trinajstić information content (AvgIpc) is 2.48. The molecule has 0 atom stereocenters. The predicted molar refractivity (Wildman–Crippen MR) is 70.6 cm³/mol. The van der Waals surface area contributed by atoms with E-state index in [1.165, 1.54) is 29.6 Å². The van der Waals surface area contributed by atoms with Gasteiger partial charge in [-0.1, -0.05) is 30.3 Å². The van der Waals surface area contributed by atoms with Gasteiger partial charge in [0.1, 0.15) is 0 Å². The molecule has 2 aromatic carbocycles. The van der Waals surface area contributed by atoms with Crippen molar-refractivity contribution in [3.8, 4) is 0 Å². The molecule has 0 aliphatic heterocycles. The summed E-state index contributed by atoms with van der Waals surface area (Å²) in [5.74, 6) is -0.138. The lowest BCUT2D eigenvalue weighted by Gasteiger charge is -2.00. The summed E-state index contributed by atoms with van der Waals surface area (Å²) in [6.07, 6.45) is 0. The highest BCUT2D eigenvalue weighted by molar-refractivity contribution is 6.09. The fourth-order valence-corrected chi connectivity index (χ4v) is 1.49. The Balaban J connectivity index is 0.000000612. The Morgan fingerprint density at radius 1 is 1.00 bits per heavy atom. The Bertz CT molecular complexity index is 596. The molecular formula is C13H10N2O5. The lowest BCUT2D eigenvalue weighted by atomic mass is 10.0. The third kappa shape index (κ3) is 3.98. The number of ketones is 1. The van der Waals surface area contributed by atoms with Crippen molar-refractivity contribution in [2.75, 3.05) is 0 Å². The van der Waals surface area contributed by atoms with Gasteiger partial charge in [0.2, 0.25) is 0 Å². The van der Waals surface area contributed by atoms with Crippen molar-refractivity contribution in [3.05, 3.63) is 80.7 Å². The van der Waals surface area contributed by atoms with Gasteiger partial charge in [-0.05, 0) is 12.1 Å². The molecule has 20 heavy (non-hydrogen) atoms. The summed E-state index contributed by atoms with van der Waals surface area (Å²) in [7, 11) is 0. The molecule has 0 heterocycles. The molecule has 0 saturated carbocycles. The number of benzene rings is 2. The highest BCUT2D eigenvalue weighted by Crippen LogP contribution is 2.15. The van der Waals surface area contributed by atoms with Crippen LogP contribution in [0.15, 0.2) is 59.9 Å². The summed E-state index contributed by atoms with van der Waals surface area (Å²) in [4.78, 5) is 30.1.